The molecule has 21 heteroatoms. The Morgan fingerprint density at radius 3 is 1.85 bits per heavy atom. The van der Waals surface area contributed by atoms with Crippen molar-refractivity contribution in [3.05, 3.63) is 229 Å². The topological polar surface area (TPSA) is 227 Å². The summed E-state index contributed by atoms with van der Waals surface area (Å²) in [5.74, 6) is 1.26. The van der Waals surface area contributed by atoms with Gasteiger partial charge in [0.2, 0.25) is 35.4 Å². The van der Waals surface area contributed by atoms with Crippen LogP contribution in [0.2, 0.25) is 0 Å². The zero-order valence-corrected chi connectivity index (χ0v) is 60.3. The number of hydrogen-bond donors (Lipinski definition) is 6. The second-order valence-electron chi connectivity index (χ2n) is 24.4. The number of benzene rings is 8. The van der Waals surface area contributed by atoms with E-state index in [1.54, 1.807) is 22.9 Å². The predicted octanol–water partition coefficient (Wildman–Crippen LogP) is 14.0. The maximum Gasteiger partial charge on any atom is 0.304 e. The summed E-state index contributed by atoms with van der Waals surface area (Å²) in [5.41, 5.74) is 11.1. The fourth-order valence-electron chi connectivity index (χ4n) is 11.1. The SMILES string of the molecule is CN(C)CCSCC(=O)N[C@H](CCCCC(=O)Nc1cccc(-c2ccccc2)c1)N(C(=O)CCCCCNC(=O)CSCc1ccc(S(C)=O)cc1)c1cccc(-c2ccccc2)c1.O=C(O)CCSCC(=O)Nc1ccc(CN2c3ccccc3NC(=O)C2Cc2ccccc2)cc1. The lowest BCUT2D eigenvalue weighted by molar-refractivity contribution is -0.136. The minimum absolute atomic E-state index is 0.0307. The summed E-state index contributed by atoms with van der Waals surface area (Å²) in [6, 6.07) is 68.4. The summed E-state index contributed by atoms with van der Waals surface area (Å²) in [6.45, 7) is 1.91. The zero-order valence-electron chi connectivity index (χ0n) is 57.0. The van der Waals surface area contributed by atoms with Crippen LogP contribution in [-0.2, 0) is 63.1 Å². The number of hydrogen-bond acceptors (Lipinski definition) is 13. The molecule has 0 fully saturated rings. The number of unbranched alkanes of at least 4 members (excludes halogenated alkanes) is 3. The number of para-hydroxylation sites is 2. The second kappa shape index (κ2) is 41.5. The number of carboxylic acid groups (broad SMARTS) is 1. The molecule has 6 N–H and O–H groups in total. The number of thioether (sulfide) groups is 3. The second-order valence-corrected chi connectivity index (χ2v) is 29.0. The van der Waals surface area contributed by atoms with Gasteiger partial charge in [-0.15, -0.1) is 11.8 Å². The Labute approximate surface area is 603 Å². The number of anilines is 5. The Hall–Kier alpha value is -8.99. The average molecular weight is 1420 g/mol. The molecular formula is C79H90N8O9S4. The van der Waals surface area contributed by atoms with Crippen LogP contribution >= 0.6 is 35.3 Å². The molecular weight excluding hydrogens is 1330 g/mol. The first-order valence-electron chi connectivity index (χ1n) is 33.7. The van der Waals surface area contributed by atoms with Gasteiger partial charge in [0.05, 0.1) is 35.1 Å². The largest absolute Gasteiger partial charge is 0.481 e. The van der Waals surface area contributed by atoms with Gasteiger partial charge in [-0.05, 0) is 146 Å². The first-order chi connectivity index (χ1) is 48.5. The van der Waals surface area contributed by atoms with Crippen LogP contribution in [-0.4, -0.2) is 130 Å². The van der Waals surface area contributed by atoms with E-state index < -0.39 is 22.9 Å². The maximum absolute atomic E-state index is 14.5. The highest BCUT2D eigenvalue weighted by Gasteiger charge is 2.33. The number of rotatable bonds is 37. The number of carbonyl (C=O) groups is 7. The normalized spacial score (nSPS) is 12.9. The number of carbonyl (C=O) groups excluding carboxylic acids is 6. The van der Waals surface area contributed by atoms with E-state index >= 15 is 0 Å². The van der Waals surface area contributed by atoms with Crippen LogP contribution in [0.25, 0.3) is 22.3 Å². The minimum Gasteiger partial charge on any atom is -0.481 e. The number of nitrogens with one attached hydrogen (secondary N) is 5. The minimum atomic E-state index is -1.02. The summed E-state index contributed by atoms with van der Waals surface area (Å²) in [7, 11) is 2.99. The van der Waals surface area contributed by atoms with E-state index in [1.165, 1.54) is 23.5 Å². The molecule has 1 aliphatic heterocycles. The van der Waals surface area contributed by atoms with Gasteiger partial charge >= 0.3 is 5.97 Å². The Kier molecular flexibility index (Phi) is 31.9. The van der Waals surface area contributed by atoms with Crippen LogP contribution in [0.15, 0.2) is 217 Å². The van der Waals surface area contributed by atoms with Crippen LogP contribution in [0.5, 0.6) is 0 Å². The van der Waals surface area contributed by atoms with Gasteiger partial charge in [-0.25, -0.2) is 0 Å². The molecule has 8 aromatic carbocycles. The number of carboxylic acids is 1. The molecule has 0 radical (unpaired) electrons. The molecule has 1 aliphatic rings. The van der Waals surface area contributed by atoms with Crippen molar-refractivity contribution in [3.8, 4) is 22.3 Å². The molecule has 17 nitrogen and oxygen atoms in total. The average Bonchev–Trinajstić information content (AvgIpc) is 0.784. The van der Waals surface area contributed by atoms with E-state index in [0.717, 1.165) is 86.0 Å². The molecule has 0 spiro atoms. The molecule has 8 aromatic rings. The monoisotopic (exact) mass is 1420 g/mol. The van der Waals surface area contributed by atoms with E-state index in [2.05, 4.69) is 36.4 Å². The van der Waals surface area contributed by atoms with Gasteiger partial charge in [0, 0.05) is 95.2 Å². The van der Waals surface area contributed by atoms with Gasteiger partial charge in [0.25, 0.3) is 0 Å². The van der Waals surface area contributed by atoms with Gasteiger partial charge in [0.1, 0.15) is 12.2 Å². The van der Waals surface area contributed by atoms with Gasteiger partial charge < -0.3 is 41.5 Å². The third-order valence-electron chi connectivity index (χ3n) is 16.3. The fraction of sp³-hybridized carbons (Fsp3) is 0.304. The number of aliphatic carboxylic acids is 1. The van der Waals surface area contributed by atoms with Crippen molar-refractivity contribution in [2.45, 2.75) is 93.6 Å². The summed E-state index contributed by atoms with van der Waals surface area (Å²) < 4.78 is 11.7. The molecule has 100 heavy (non-hydrogen) atoms. The lowest BCUT2D eigenvalue weighted by atomic mass is 9.99. The van der Waals surface area contributed by atoms with Crippen molar-refractivity contribution in [1.29, 1.82) is 0 Å². The van der Waals surface area contributed by atoms with Crippen molar-refractivity contribution >= 4 is 116 Å². The molecule has 2 unspecified atom stereocenters. The number of amides is 6. The van der Waals surface area contributed by atoms with Crippen LogP contribution in [0.1, 0.15) is 74.5 Å². The molecule has 9 rings (SSSR count). The van der Waals surface area contributed by atoms with Crippen molar-refractivity contribution in [1.82, 2.24) is 15.5 Å². The van der Waals surface area contributed by atoms with Crippen LogP contribution < -0.4 is 36.4 Å². The first-order valence-corrected chi connectivity index (χ1v) is 38.7. The third-order valence-corrected chi connectivity index (χ3v) is 20.1. The molecule has 3 atom stereocenters. The highest BCUT2D eigenvalue weighted by molar-refractivity contribution is 8.00. The van der Waals surface area contributed by atoms with Crippen LogP contribution in [0, 0.1) is 0 Å². The Morgan fingerprint density at radius 2 is 1.16 bits per heavy atom. The van der Waals surface area contributed by atoms with Crippen molar-refractivity contribution in [2.24, 2.45) is 0 Å². The van der Waals surface area contributed by atoms with E-state index in [1.807, 2.05) is 226 Å². The number of fused-ring (bicyclic) bond motifs is 1. The van der Waals surface area contributed by atoms with Crippen molar-refractivity contribution < 1.29 is 42.9 Å². The van der Waals surface area contributed by atoms with Crippen molar-refractivity contribution in [2.75, 3.05) is 88.0 Å². The smallest absolute Gasteiger partial charge is 0.304 e. The summed E-state index contributed by atoms with van der Waals surface area (Å²) in [5, 5.41) is 23.8. The molecule has 6 amide bonds. The Balaban J connectivity index is 0.000000304. The van der Waals surface area contributed by atoms with E-state index in [9.17, 15) is 37.8 Å². The quantitative estimate of drug-likeness (QED) is 0.0157. The van der Waals surface area contributed by atoms with Gasteiger partial charge in [-0.2, -0.15) is 23.5 Å². The lowest BCUT2D eigenvalue weighted by Gasteiger charge is -2.38. The highest BCUT2D eigenvalue weighted by atomic mass is 32.2. The van der Waals surface area contributed by atoms with E-state index in [-0.39, 0.29) is 65.8 Å². The molecule has 0 bridgehead atoms. The summed E-state index contributed by atoms with van der Waals surface area (Å²) in [6.07, 6.45) is 5.92. The van der Waals surface area contributed by atoms with E-state index in [4.69, 9.17) is 5.11 Å². The Bertz CT molecular complexity index is 3950. The third kappa shape index (κ3) is 26.3. The first kappa shape index (κ1) is 76.8. The molecule has 0 saturated carbocycles. The Morgan fingerprint density at radius 1 is 0.560 bits per heavy atom. The summed E-state index contributed by atoms with van der Waals surface area (Å²) >= 11 is 4.38. The van der Waals surface area contributed by atoms with Gasteiger partial charge in [-0.3, -0.25) is 42.7 Å². The van der Waals surface area contributed by atoms with Gasteiger partial charge in [-0.1, -0.05) is 158 Å². The van der Waals surface area contributed by atoms with Crippen molar-refractivity contribution in [3.63, 3.8) is 0 Å². The van der Waals surface area contributed by atoms with E-state index in [0.29, 0.717) is 80.2 Å². The fourth-order valence-corrected chi connectivity index (χ4v) is 14.1. The molecule has 0 aliphatic carbocycles. The molecule has 0 saturated heterocycles. The standard InChI is InChI=1S/C52H63N5O5S3.C27H27N3O4S/c1-56(2)33-34-63-39-51(60)55-48(25-12-13-26-49(58)54-45-23-15-21-43(35-45)41-17-7-4-8-18-41)57(46-24-16-22-44(36-46)42-19-9-5-10-20-42)52(61)27-11-6-14-32-53-50(59)38-64-37-40-28-30-47(31-29-40)65(3)62;31-25(18-35-15-14-26(32)33)28-21-12-10-20(11-13-21)17-30-23-9-5-4-8-22(23)29-27(34)24(30)16-19-6-2-1-3-7-19/h4-5,7-10,15-24,28-31,35-36,48H,6,11-14,25-27,32-34,37-39H2,1-3H3,(H,53,59)(H,54,58)(H,55,60);1-13,24H,14-18H2,(H,28,31)(H,29,34)(H,32,33)/t48-,65?;/m0./s1. The van der Waals surface area contributed by atoms with Crippen LogP contribution in [0.4, 0.5) is 28.4 Å². The highest BCUT2D eigenvalue weighted by Crippen LogP contribution is 2.35. The van der Waals surface area contributed by atoms with Crippen LogP contribution in [0.3, 0.4) is 0 Å². The molecule has 524 valence electrons. The number of nitrogens with zero attached hydrogens (tertiary/aromatic N) is 3. The predicted molar refractivity (Wildman–Crippen MR) is 412 cm³/mol. The summed E-state index contributed by atoms with van der Waals surface area (Å²) in [4.78, 5) is 96.3. The van der Waals surface area contributed by atoms with Gasteiger partial charge in [0.15, 0.2) is 0 Å². The molecule has 1 heterocycles. The maximum atomic E-state index is 14.5. The lowest BCUT2D eigenvalue weighted by Crippen LogP contribution is -2.51. The molecule has 0 aromatic heterocycles. The zero-order chi connectivity index (χ0) is 70.9.